The minimum absolute atomic E-state index is 0.240. The van der Waals surface area contributed by atoms with E-state index in [0.717, 1.165) is 18.2 Å². The Bertz CT molecular complexity index is 755. The summed E-state index contributed by atoms with van der Waals surface area (Å²) in [5.41, 5.74) is -0.616. The number of carbonyl (C=O) groups excluding carboxylic acids is 1. The minimum atomic E-state index is -3.14. The van der Waals surface area contributed by atoms with E-state index in [4.69, 9.17) is 9.15 Å². The molecule has 9 nitrogen and oxygen atoms in total. The van der Waals surface area contributed by atoms with Crippen LogP contribution in [-0.2, 0) is 11.3 Å². The van der Waals surface area contributed by atoms with E-state index in [1.165, 1.54) is 6.26 Å². The van der Waals surface area contributed by atoms with E-state index in [0.29, 0.717) is 25.4 Å². The second kappa shape index (κ2) is 10.1. The first-order chi connectivity index (χ1) is 13.0. The first kappa shape index (κ1) is 20.1. The van der Waals surface area contributed by atoms with Crippen LogP contribution in [0.2, 0.25) is 0 Å². The van der Waals surface area contributed by atoms with Gasteiger partial charge >= 0.3 is 12.6 Å². The van der Waals surface area contributed by atoms with Crippen LogP contribution in [-0.4, -0.2) is 30.7 Å². The van der Waals surface area contributed by atoms with Gasteiger partial charge in [-0.2, -0.15) is 8.78 Å². The number of non-ortho nitro benzene ring substituents is 1. The first-order valence-corrected chi connectivity index (χ1v) is 7.84. The van der Waals surface area contributed by atoms with Crippen LogP contribution in [0.25, 0.3) is 0 Å². The molecule has 1 aromatic heterocycles. The molecule has 2 rings (SSSR count). The van der Waals surface area contributed by atoms with Gasteiger partial charge in [0.15, 0.2) is 0 Å². The first-order valence-electron chi connectivity index (χ1n) is 7.84. The molecule has 1 aromatic carbocycles. The van der Waals surface area contributed by atoms with E-state index in [2.05, 4.69) is 15.4 Å². The van der Waals surface area contributed by atoms with Crippen LogP contribution in [0.4, 0.5) is 25.0 Å². The third-order valence-corrected chi connectivity index (χ3v) is 3.21. The molecule has 0 aliphatic heterocycles. The zero-order valence-corrected chi connectivity index (χ0v) is 14.0. The molecule has 2 N–H and O–H groups in total. The zero-order valence-electron chi connectivity index (χ0n) is 14.0. The van der Waals surface area contributed by atoms with Crippen molar-refractivity contribution in [3.8, 4) is 5.75 Å². The predicted molar refractivity (Wildman–Crippen MR) is 89.7 cm³/mol. The highest BCUT2D eigenvalue weighted by Gasteiger charge is 2.16. The number of anilines is 1. The molecule has 146 valence electrons. The molecule has 0 spiro atoms. The molecule has 0 atom stereocenters. The van der Waals surface area contributed by atoms with Crippen molar-refractivity contribution in [2.24, 2.45) is 0 Å². The largest absolute Gasteiger partial charge is 0.467 e. The lowest BCUT2D eigenvalue weighted by molar-refractivity contribution is -0.384. The van der Waals surface area contributed by atoms with Crippen molar-refractivity contribution < 1.29 is 32.4 Å². The summed E-state index contributed by atoms with van der Waals surface area (Å²) in [6.07, 6.45) is 2.02. The minimum Gasteiger partial charge on any atom is -0.467 e. The normalized spacial score (nSPS) is 10.6. The lowest BCUT2D eigenvalue weighted by atomic mass is 10.2. The van der Waals surface area contributed by atoms with Gasteiger partial charge in [0.05, 0.1) is 16.9 Å². The molecule has 0 aliphatic rings. The molecule has 0 unspecified atom stereocenters. The number of nitro benzene ring substituents is 1. The van der Waals surface area contributed by atoms with Crippen LogP contribution in [0, 0.1) is 10.1 Å². The summed E-state index contributed by atoms with van der Waals surface area (Å²) >= 11 is 0. The molecule has 1 heterocycles. The Morgan fingerprint density at radius 2 is 2.15 bits per heavy atom. The zero-order chi connectivity index (χ0) is 19.6. The summed E-state index contributed by atoms with van der Waals surface area (Å²) in [7, 11) is 0. The number of hydrogen-bond acceptors (Lipinski definition) is 6. The highest BCUT2D eigenvalue weighted by atomic mass is 19.3. The number of amides is 2. The lowest BCUT2D eigenvalue weighted by Gasteiger charge is -2.12. The second-order valence-electron chi connectivity index (χ2n) is 5.18. The number of carbonyl (C=O) groups is 1. The van der Waals surface area contributed by atoms with Gasteiger partial charge in [-0.25, -0.2) is 4.79 Å². The fourth-order valence-electron chi connectivity index (χ4n) is 2.04. The summed E-state index contributed by atoms with van der Waals surface area (Å²) in [5.74, 6) is 0.297. The third-order valence-electron chi connectivity index (χ3n) is 3.21. The topological polar surface area (TPSA) is 116 Å². The number of nitrogens with zero attached hydrogens (tertiary/aromatic N) is 1. The summed E-state index contributed by atoms with van der Waals surface area (Å²) in [4.78, 5) is 21.9. The van der Waals surface area contributed by atoms with Crippen molar-refractivity contribution in [2.45, 2.75) is 19.6 Å². The highest BCUT2D eigenvalue weighted by molar-refractivity contribution is 5.91. The van der Waals surface area contributed by atoms with Gasteiger partial charge in [-0.15, -0.1) is 0 Å². The van der Waals surface area contributed by atoms with E-state index < -0.39 is 17.6 Å². The monoisotopic (exact) mass is 385 g/mol. The van der Waals surface area contributed by atoms with Crippen LogP contribution in [0.5, 0.6) is 5.75 Å². The Balaban J connectivity index is 1.79. The number of furan rings is 1. The van der Waals surface area contributed by atoms with Gasteiger partial charge in [-0.3, -0.25) is 10.1 Å². The maximum absolute atomic E-state index is 12.4. The molecular formula is C16H17F2N3O6. The molecule has 0 saturated carbocycles. The number of nitro groups is 1. The molecule has 0 fully saturated rings. The van der Waals surface area contributed by atoms with E-state index in [1.54, 1.807) is 12.1 Å². The van der Waals surface area contributed by atoms with Gasteiger partial charge in [0.2, 0.25) is 0 Å². The van der Waals surface area contributed by atoms with Crippen molar-refractivity contribution in [2.75, 3.05) is 18.5 Å². The number of rotatable bonds is 10. The SMILES string of the molecule is O=C(NCCCOCc1ccco1)Nc1cc([N+](=O)[O-])ccc1OC(F)F. The summed E-state index contributed by atoms with van der Waals surface area (Å²) in [6.45, 7) is -2.23. The van der Waals surface area contributed by atoms with Gasteiger partial charge in [0, 0.05) is 25.3 Å². The third kappa shape index (κ3) is 6.90. The second-order valence-corrected chi connectivity index (χ2v) is 5.18. The molecule has 0 aliphatic carbocycles. The molecule has 2 amide bonds. The average molecular weight is 385 g/mol. The molecule has 0 radical (unpaired) electrons. The summed E-state index contributed by atoms with van der Waals surface area (Å²) in [6, 6.07) is 5.71. The van der Waals surface area contributed by atoms with Crippen molar-refractivity contribution in [1.29, 1.82) is 0 Å². The molecule has 0 saturated heterocycles. The predicted octanol–water partition coefficient (Wildman–Crippen LogP) is 3.52. The molecule has 27 heavy (non-hydrogen) atoms. The maximum atomic E-state index is 12.4. The molecular weight excluding hydrogens is 368 g/mol. The van der Waals surface area contributed by atoms with Crippen LogP contribution in [0.15, 0.2) is 41.0 Å². The quantitative estimate of drug-likeness (QED) is 0.367. The molecule has 0 bridgehead atoms. The number of benzene rings is 1. The standard InChI is InChI=1S/C16H17F2N3O6/c17-15(18)27-14-5-4-11(21(23)24)9-13(14)20-16(22)19-6-2-7-25-10-12-3-1-8-26-12/h1,3-5,8-9,15H,2,6-7,10H2,(H2,19,20,22). The van der Waals surface area contributed by atoms with Crippen molar-refractivity contribution in [1.82, 2.24) is 5.32 Å². The summed E-state index contributed by atoms with van der Waals surface area (Å²) in [5, 5.41) is 15.5. The van der Waals surface area contributed by atoms with Crippen LogP contribution in [0.1, 0.15) is 12.2 Å². The highest BCUT2D eigenvalue weighted by Crippen LogP contribution is 2.30. The van der Waals surface area contributed by atoms with Crippen molar-refractivity contribution in [3.63, 3.8) is 0 Å². The average Bonchev–Trinajstić information content (AvgIpc) is 3.12. The Morgan fingerprint density at radius 1 is 1.33 bits per heavy atom. The van der Waals surface area contributed by atoms with Crippen LogP contribution < -0.4 is 15.4 Å². The Morgan fingerprint density at radius 3 is 2.81 bits per heavy atom. The van der Waals surface area contributed by atoms with Crippen LogP contribution in [0.3, 0.4) is 0 Å². The van der Waals surface area contributed by atoms with Gasteiger partial charge in [0.1, 0.15) is 18.1 Å². The van der Waals surface area contributed by atoms with E-state index >= 15 is 0 Å². The van der Waals surface area contributed by atoms with E-state index in [-0.39, 0.29) is 23.7 Å². The van der Waals surface area contributed by atoms with Crippen molar-refractivity contribution >= 4 is 17.4 Å². The number of alkyl halides is 2. The van der Waals surface area contributed by atoms with E-state index in [1.807, 2.05) is 0 Å². The van der Waals surface area contributed by atoms with Gasteiger partial charge in [-0.05, 0) is 24.6 Å². The lowest BCUT2D eigenvalue weighted by Crippen LogP contribution is -2.30. The van der Waals surface area contributed by atoms with Gasteiger partial charge in [-0.1, -0.05) is 0 Å². The Kier molecular flexibility index (Phi) is 7.49. The number of ether oxygens (including phenoxy) is 2. The number of halogens is 2. The number of hydrogen-bond donors (Lipinski definition) is 2. The van der Waals surface area contributed by atoms with Gasteiger partial charge in [0.25, 0.3) is 5.69 Å². The summed E-state index contributed by atoms with van der Waals surface area (Å²) < 4.78 is 39.5. The fourth-order valence-corrected chi connectivity index (χ4v) is 2.04. The smallest absolute Gasteiger partial charge is 0.387 e. The van der Waals surface area contributed by atoms with E-state index in [9.17, 15) is 23.7 Å². The fraction of sp³-hybridized carbons (Fsp3) is 0.312. The van der Waals surface area contributed by atoms with Gasteiger partial charge < -0.3 is 24.5 Å². The Hall–Kier alpha value is -3.21. The molecule has 2 aromatic rings. The Labute approximate surface area is 152 Å². The van der Waals surface area contributed by atoms with Crippen molar-refractivity contribution in [3.05, 3.63) is 52.5 Å². The maximum Gasteiger partial charge on any atom is 0.387 e. The van der Waals surface area contributed by atoms with Crippen LogP contribution >= 0.6 is 0 Å². The number of nitrogens with one attached hydrogen (secondary N) is 2. The number of urea groups is 1. The molecule has 11 heteroatoms.